The van der Waals surface area contributed by atoms with Gasteiger partial charge in [-0.25, -0.2) is 9.97 Å². The predicted molar refractivity (Wildman–Crippen MR) is 123 cm³/mol. The molecule has 1 saturated heterocycles. The highest BCUT2D eigenvalue weighted by Crippen LogP contribution is 2.09. The van der Waals surface area contributed by atoms with Crippen molar-refractivity contribution in [3.63, 3.8) is 0 Å². The molecule has 0 aromatic carbocycles. The van der Waals surface area contributed by atoms with Crippen molar-refractivity contribution in [3.05, 3.63) is 30.6 Å². The van der Waals surface area contributed by atoms with Crippen LogP contribution < -0.4 is 10.2 Å². The monoisotopic (exact) mass is 515 g/mol. The van der Waals surface area contributed by atoms with E-state index in [0.29, 0.717) is 13.2 Å². The van der Waals surface area contributed by atoms with Crippen LogP contribution in [0.2, 0.25) is 0 Å². The third kappa shape index (κ3) is 6.77. The van der Waals surface area contributed by atoms with Gasteiger partial charge in [-0.05, 0) is 6.07 Å². The van der Waals surface area contributed by atoms with Crippen molar-refractivity contribution >= 4 is 35.9 Å². The van der Waals surface area contributed by atoms with Crippen LogP contribution in [0.25, 0.3) is 0 Å². The lowest BCUT2D eigenvalue weighted by atomic mass is 10.3. The van der Waals surface area contributed by atoms with E-state index in [2.05, 4.69) is 46.8 Å². The Labute approximate surface area is 188 Å². The average molecular weight is 515 g/mol. The van der Waals surface area contributed by atoms with Gasteiger partial charge in [0.05, 0.1) is 13.2 Å². The average Bonchev–Trinajstić information content (AvgIpc) is 3.21. The molecular weight excluding hydrogens is 485 g/mol. The number of methoxy groups -OCH3 is 1. The van der Waals surface area contributed by atoms with Gasteiger partial charge in [-0.15, -0.1) is 34.2 Å². The van der Waals surface area contributed by atoms with Crippen LogP contribution in [0, 0.1) is 0 Å². The topological polar surface area (TPSA) is 96.6 Å². The van der Waals surface area contributed by atoms with Gasteiger partial charge in [0.25, 0.3) is 0 Å². The minimum atomic E-state index is 0. The van der Waals surface area contributed by atoms with Crippen molar-refractivity contribution in [2.75, 3.05) is 57.9 Å². The van der Waals surface area contributed by atoms with Gasteiger partial charge in [0, 0.05) is 65.2 Å². The summed E-state index contributed by atoms with van der Waals surface area (Å²) in [6.45, 7) is 8.34. The first-order chi connectivity index (χ1) is 13.8. The Kier molecular flexibility index (Phi) is 10.0. The number of hydrogen-bond acceptors (Lipinski definition) is 7. The third-order valence-electron chi connectivity index (χ3n) is 4.62. The molecule has 1 N–H and O–H groups in total. The van der Waals surface area contributed by atoms with E-state index in [-0.39, 0.29) is 24.0 Å². The molecule has 10 nitrogen and oxygen atoms in total. The molecule has 0 saturated carbocycles. The first-order valence-electron chi connectivity index (χ1n) is 9.72. The molecule has 1 fully saturated rings. The SMILES string of the molecule is CCc1nncn1CCNC(=NCCOC)N1CCN(c2ncccn2)CC1.I. The Morgan fingerprint density at radius 3 is 2.66 bits per heavy atom. The van der Waals surface area contributed by atoms with Gasteiger partial charge in [0.15, 0.2) is 5.96 Å². The quantitative estimate of drug-likeness (QED) is 0.237. The molecule has 1 aliphatic rings. The van der Waals surface area contributed by atoms with Crippen molar-refractivity contribution in [2.45, 2.75) is 19.9 Å². The molecule has 29 heavy (non-hydrogen) atoms. The van der Waals surface area contributed by atoms with Gasteiger partial charge < -0.3 is 24.4 Å². The number of nitrogens with zero attached hydrogens (tertiary/aromatic N) is 8. The van der Waals surface area contributed by atoms with Crippen LogP contribution in [0.4, 0.5) is 5.95 Å². The largest absolute Gasteiger partial charge is 0.383 e. The van der Waals surface area contributed by atoms with Crippen LogP contribution in [-0.4, -0.2) is 88.6 Å². The fourth-order valence-electron chi connectivity index (χ4n) is 3.11. The highest BCUT2D eigenvalue weighted by Gasteiger charge is 2.21. The summed E-state index contributed by atoms with van der Waals surface area (Å²) >= 11 is 0. The second-order valence-corrected chi connectivity index (χ2v) is 6.44. The van der Waals surface area contributed by atoms with E-state index in [1.54, 1.807) is 25.8 Å². The van der Waals surface area contributed by atoms with E-state index < -0.39 is 0 Å². The minimum Gasteiger partial charge on any atom is -0.383 e. The number of aromatic nitrogens is 5. The molecule has 3 rings (SSSR count). The van der Waals surface area contributed by atoms with Crippen molar-refractivity contribution < 1.29 is 4.74 Å². The lowest BCUT2D eigenvalue weighted by Gasteiger charge is -2.36. The second-order valence-electron chi connectivity index (χ2n) is 6.44. The van der Waals surface area contributed by atoms with Crippen molar-refractivity contribution in [1.82, 2.24) is 34.9 Å². The maximum Gasteiger partial charge on any atom is 0.225 e. The highest BCUT2D eigenvalue weighted by atomic mass is 127. The molecule has 0 aliphatic carbocycles. The number of ether oxygens (including phenoxy) is 1. The Morgan fingerprint density at radius 2 is 1.97 bits per heavy atom. The zero-order valence-corrected chi connectivity index (χ0v) is 19.4. The second kappa shape index (κ2) is 12.5. The maximum absolute atomic E-state index is 5.15. The number of nitrogens with one attached hydrogen (secondary N) is 1. The van der Waals surface area contributed by atoms with Gasteiger partial charge in [-0.3, -0.25) is 4.99 Å². The molecule has 3 heterocycles. The zero-order chi connectivity index (χ0) is 19.6. The third-order valence-corrected chi connectivity index (χ3v) is 4.62. The van der Waals surface area contributed by atoms with Crippen molar-refractivity contribution in [3.8, 4) is 0 Å². The number of anilines is 1. The van der Waals surface area contributed by atoms with Gasteiger partial charge in [-0.1, -0.05) is 6.92 Å². The summed E-state index contributed by atoms with van der Waals surface area (Å²) in [4.78, 5) is 17.9. The number of aryl methyl sites for hydroxylation is 1. The fraction of sp³-hybridized carbons (Fsp3) is 0.611. The van der Waals surface area contributed by atoms with E-state index in [9.17, 15) is 0 Å². The van der Waals surface area contributed by atoms with Crippen LogP contribution in [0.3, 0.4) is 0 Å². The molecule has 11 heteroatoms. The van der Waals surface area contributed by atoms with Crippen LogP contribution in [0.1, 0.15) is 12.7 Å². The Morgan fingerprint density at radius 1 is 1.21 bits per heavy atom. The molecule has 0 radical (unpaired) electrons. The van der Waals surface area contributed by atoms with Crippen molar-refractivity contribution in [2.24, 2.45) is 4.99 Å². The Bertz CT molecular complexity index is 732. The molecule has 160 valence electrons. The summed E-state index contributed by atoms with van der Waals surface area (Å²) in [5.74, 6) is 2.70. The summed E-state index contributed by atoms with van der Waals surface area (Å²) < 4.78 is 7.22. The normalized spacial score (nSPS) is 14.6. The molecule has 0 amide bonds. The number of halogens is 1. The summed E-state index contributed by atoms with van der Waals surface area (Å²) in [7, 11) is 1.69. The lowest BCUT2D eigenvalue weighted by molar-refractivity contribution is 0.207. The van der Waals surface area contributed by atoms with E-state index >= 15 is 0 Å². The number of piperazine rings is 1. The Hall–Kier alpha value is -2.02. The number of rotatable bonds is 8. The molecular formula is C18H30IN9O. The highest BCUT2D eigenvalue weighted by molar-refractivity contribution is 14.0. The summed E-state index contributed by atoms with van der Waals surface area (Å²) in [5, 5.41) is 11.6. The molecule has 0 unspecified atom stereocenters. The zero-order valence-electron chi connectivity index (χ0n) is 17.1. The molecule has 1 aliphatic heterocycles. The molecule has 0 atom stereocenters. The van der Waals surface area contributed by atoms with E-state index in [0.717, 1.165) is 63.4 Å². The van der Waals surface area contributed by atoms with Gasteiger partial charge in [0.1, 0.15) is 12.2 Å². The van der Waals surface area contributed by atoms with Crippen molar-refractivity contribution in [1.29, 1.82) is 0 Å². The van der Waals surface area contributed by atoms with Crippen LogP contribution >= 0.6 is 24.0 Å². The summed E-state index contributed by atoms with van der Waals surface area (Å²) in [6, 6.07) is 1.84. The first-order valence-corrected chi connectivity index (χ1v) is 9.72. The number of guanidine groups is 1. The predicted octanol–water partition coefficient (Wildman–Crippen LogP) is 0.663. The molecule has 0 bridgehead atoms. The van der Waals surface area contributed by atoms with E-state index in [1.807, 2.05) is 6.07 Å². The lowest BCUT2D eigenvalue weighted by Crippen LogP contribution is -2.53. The fourth-order valence-corrected chi connectivity index (χ4v) is 3.11. The minimum absolute atomic E-state index is 0. The summed E-state index contributed by atoms with van der Waals surface area (Å²) in [6.07, 6.45) is 6.21. The van der Waals surface area contributed by atoms with E-state index in [1.165, 1.54) is 0 Å². The summed E-state index contributed by atoms with van der Waals surface area (Å²) in [5.41, 5.74) is 0. The number of aliphatic imine (C=N–C) groups is 1. The molecule has 2 aromatic rings. The maximum atomic E-state index is 5.15. The molecule has 0 spiro atoms. The van der Waals surface area contributed by atoms with Crippen LogP contribution in [-0.2, 0) is 17.7 Å². The smallest absolute Gasteiger partial charge is 0.225 e. The first kappa shape index (κ1) is 23.3. The number of hydrogen-bond donors (Lipinski definition) is 1. The van der Waals surface area contributed by atoms with E-state index in [4.69, 9.17) is 9.73 Å². The van der Waals surface area contributed by atoms with Gasteiger partial charge in [-0.2, -0.15) is 0 Å². The van der Waals surface area contributed by atoms with Crippen LogP contribution in [0.5, 0.6) is 0 Å². The standard InChI is InChI=1S/C18H29N9O.HI/c1-3-16-24-23-15-27(16)9-7-21-18(22-8-14-28-2)26-12-10-25(11-13-26)17-19-5-4-6-20-17;/h4-6,15H,3,7-14H2,1-2H3,(H,21,22);1H. The van der Waals surface area contributed by atoms with Gasteiger partial charge in [0.2, 0.25) is 5.95 Å². The molecule has 2 aromatic heterocycles. The Balaban J connectivity index is 0.00000300. The van der Waals surface area contributed by atoms with Gasteiger partial charge >= 0.3 is 0 Å². The van der Waals surface area contributed by atoms with Crippen LogP contribution in [0.15, 0.2) is 29.8 Å².